The molecule has 1 aromatic carbocycles. The van der Waals surface area contributed by atoms with Gasteiger partial charge in [0.1, 0.15) is 5.82 Å². The third kappa shape index (κ3) is 3.14. The predicted octanol–water partition coefficient (Wildman–Crippen LogP) is 3.75. The Balaban J connectivity index is 2.27. The van der Waals surface area contributed by atoms with Crippen LogP contribution in [-0.4, -0.2) is 23.3 Å². The van der Waals surface area contributed by atoms with Crippen LogP contribution in [0.1, 0.15) is 0 Å². The van der Waals surface area contributed by atoms with E-state index >= 15 is 0 Å². The topological polar surface area (TPSA) is 49.8 Å². The molecule has 2 aromatic rings. The number of thioether (sulfide) groups is 1. The van der Waals surface area contributed by atoms with E-state index in [-0.39, 0.29) is 0 Å². The lowest BCUT2D eigenvalue weighted by atomic mass is 10.3. The van der Waals surface area contributed by atoms with E-state index in [1.54, 1.807) is 25.0 Å². The molecule has 1 aromatic heterocycles. The van der Waals surface area contributed by atoms with Gasteiger partial charge in [0.15, 0.2) is 0 Å². The fraction of sp³-hybridized carbons (Fsp3) is 0.167. The van der Waals surface area contributed by atoms with Crippen LogP contribution >= 0.6 is 27.7 Å². The number of rotatable bonds is 4. The second-order valence-electron chi connectivity index (χ2n) is 3.50. The SMILES string of the molecule is CNc1ncc(Br)c(Nc2cccc(SC)c2)n1. The first-order valence-electron chi connectivity index (χ1n) is 5.34. The maximum absolute atomic E-state index is 4.35. The highest BCUT2D eigenvalue weighted by Crippen LogP contribution is 2.26. The highest BCUT2D eigenvalue weighted by Gasteiger charge is 2.05. The zero-order valence-electron chi connectivity index (χ0n) is 10.1. The second-order valence-corrected chi connectivity index (χ2v) is 5.23. The molecule has 0 fully saturated rings. The van der Waals surface area contributed by atoms with Gasteiger partial charge in [0.2, 0.25) is 5.95 Å². The molecule has 6 heteroatoms. The fourth-order valence-electron chi connectivity index (χ4n) is 1.41. The van der Waals surface area contributed by atoms with Crippen LogP contribution in [0.3, 0.4) is 0 Å². The maximum Gasteiger partial charge on any atom is 0.224 e. The molecule has 0 aliphatic rings. The van der Waals surface area contributed by atoms with Crippen molar-refractivity contribution in [2.75, 3.05) is 23.9 Å². The molecule has 0 atom stereocenters. The van der Waals surface area contributed by atoms with Crippen molar-refractivity contribution in [3.8, 4) is 0 Å². The molecule has 1 heterocycles. The van der Waals surface area contributed by atoms with Crippen molar-refractivity contribution >= 4 is 45.1 Å². The summed E-state index contributed by atoms with van der Waals surface area (Å²) in [5, 5.41) is 6.19. The van der Waals surface area contributed by atoms with Crippen molar-refractivity contribution in [1.29, 1.82) is 0 Å². The van der Waals surface area contributed by atoms with Gasteiger partial charge in [0, 0.05) is 23.8 Å². The Hall–Kier alpha value is -1.27. The van der Waals surface area contributed by atoms with E-state index in [9.17, 15) is 0 Å². The summed E-state index contributed by atoms with van der Waals surface area (Å²) in [6, 6.07) is 8.18. The number of aromatic nitrogens is 2. The number of halogens is 1. The first-order valence-corrected chi connectivity index (χ1v) is 7.36. The standard InChI is InChI=1S/C12H13BrN4S/c1-14-12-15-7-10(13)11(17-12)16-8-4-3-5-9(6-8)18-2/h3-7H,1-2H3,(H2,14,15,16,17). The van der Waals surface area contributed by atoms with Gasteiger partial charge in [-0.1, -0.05) is 6.07 Å². The molecule has 2 rings (SSSR count). The summed E-state index contributed by atoms with van der Waals surface area (Å²) in [7, 11) is 1.79. The van der Waals surface area contributed by atoms with Crippen LogP contribution in [0.2, 0.25) is 0 Å². The highest BCUT2D eigenvalue weighted by molar-refractivity contribution is 9.10. The van der Waals surface area contributed by atoms with Crippen LogP contribution in [-0.2, 0) is 0 Å². The lowest BCUT2D eigenvalue weighted by Gasteiger charge is -2.09. The molecule has 0 bridgehead atoms. The van der Waals surface area contributed by atoms with Crippen LogP contribution in [0.5, 0.6) is 0 Å². The molecule has 0 aliphatic carbocycles. The number of hydrogen-bond acceptors (Lipinski definition) is 5. The number of hydrogen-bond donors (Lipinski definition) is 2. The van der Waals surface area contributed by atoms with Gasteiger partial charge in [-0.2, -0.15) is 4.98 Å². The summed E-state index contributed by atoms with van der Waals surface area (Å²) in [6.45, 7) is 0. The normalized spacial score (nSPS) is 10.2. The molecule has 0 saturated carbocycles. The van der Waals surface area contributed by atoms with Gasteiger partial charge in [-0.3, -0.25) is 0 Å². The average molecular weight is 325 g/mol. The predicted molar refractivity (Wildman–Crippen MR) is 80.8 cm³/mol. The fourth-order valence-corrected chi connectivity index (χ4v) is 2.16. The minimum atomic E-state index is 0.585. The van der Waals surface area contributed by atoms with E-state index in [1.165, 1.54) is 4.90 Å². The molecule has 0 amide bonds. The van der Waals surface area contributed by atoms with Crippen LogP contribution in [0, 0.1) is 0 Å². The third-order valence-corrected chi connectivity index (χ3v) is 3.61. The minimum absolute atomic E-state index is 0.585. The van der Waals surface area contributed by atoms with Gasteiger partial charge in [-0.15, -0.1) is 11.8 Å². The summed E-state index contributed by atoms with van der Waals surface area (Å²) in [5.41, 5.74) is 1.00. The summed E-state index contributed by atoms with van der Waals surface area (Å²) in [4.78, 5) is 9.68. The monoisotopic (exact) mass is 324 g/mol. The van der Waals surface area contributed by atoms with Gasteiger partial charge in [0.05, 0.1) is 4.47 Å². The maximum atomic E-state index is 4.35. The lowest BCUT2D eigenvalue weighted by Crippen LogP contribution is -2.01. The summed E-state index contributed by atoms with van der Waals surface area (Å²) in [5.74, 6) is 1.33. The van der Waals surface area contributed by atoms with E-state index in [2.05, 4.69) is 54.9 Å². The highest BCUT2D eigenvalue weighted by atomic mass is 79.9. The van der Waals surface area contributed by atoms with Gasteiger partial charge in [-0.05, 0) is 40.4 Å². The molecule has 0 unspecified atom stereocenters. The van der Waals surface area contributed by atoms with Crippen molar-refractivity contribution in [1.82, 2.24) is 9.97 Å². The smallest absolute Gasteiger partial charge is 0.224 e. The molecule has 94 valence electrons. The Morgan fingerprint density at radius 1 is 1.33 bits per heavy atom. The van der Waals surface area contributed by atoms with Gasteiger partial charge in [-0.25, -0.2) is 4.98 Å². The Bertz CT molecular complexity index is 547. The molecule has 0 saturated heterocycles. The average Bonchev–Trinajstić information content (AvgIpc) is 2.41. The van der Waals surface area contributed by atoms with E-state index < -0.39 is 0 Å². The van der Waals surface area contributed by atoms with Crippen LogP contribution < -0.4 is 10.6 Å². The van der Waals surface area contributed by atoms with Crippen molar-refractivity contribution < 1.29 is 0 Å². The summed E-state index contributed by atoms with van der Waals surface area (Å²) in [6.07, 6.45) is 3.78. The Kier molecular flexibility index (Phi) is 4.43. The molecule has 18 heavy (non-hydrogen) atoms. The van der Waals surface area contributed by atoms with E-state index in [0.29, 0.717) is 5.95 Å². The number of nitrogens with zero attached hydrogens (tertiary/aromatic N) is 2. The van der Waals surface area contributed by atoms with Gasteiger partial charge in [0.25, 0.3) is 0 Å². The number of nitrogens with one attached hydrogen (secondary N) is 2. The summed E-state index contributed by atoms with van der Waals surface area (Å²) < 4.78 is 0.830. The van der Waals surface area contributed by atoms with Crippen LogP contribution in [0.25, 0.3) is 0 Å². The molecular weight excluding hydrogens is 312 g/mol. The molecule has 0 radical (unpaired) electrons. The van der Waals surface area contributed by atoms with Crippen molar-refractivity contribution in [3.63, 3.8) is 0 Å². The molecule has 0 spiro atoms. The molecule has 4 nitrogen and oxygen atoms in total. The largest absolute Gasteiger partial charge is 0.357 e. The Morgan fingerprint density at radius 3 is 2.89 bits per heavy atom. The van der Waals surface area contributed by atoms with E-state index in [1.807, 2.05) is 12.1 Å². The Labute approximate surface area is 119 Å². The Morgan fingerprint density at radius 2 is 2.17 bits per heavy atom. The first kappa shape index (κ1) is 13.2. The zero-order chi connectivity index (χ0) is 13.0. The number of anilines is 3. The molecular formula is C12H13BrN4S. The van der Waals surface area contributed by atoms with Crippen LogP contribution in [0.15, 0.2) is 39.8 Å². The molecule has 2 N–H and O–H groups in total. The van der Waals surface area contributed by atoms with Gasteiger partial charge < -0.3 is 10.6 Å². The van der Waals surface area contributed by atoms with Gasteiger partial charge >= 0.3 is 0 Å². The second kappa shape index (κ2) is 6.06. The van der Waals surface area contributed by atoms with Crippen molar-refractivity contribution in [2.24, 2.45) is 0 Å². The lowest BCUT2D eigenvalue weighted by molar-refractivity contribution is 1.14. The first-order chi connectivity index (χ1) is 8.72. The van der Waals surface area contributed by atoms with Crippen molar-refractivity contribution in [2.45, 2.75) is 4.90 Å². The quantitative estimate of drug-likeness (QED) is 0.839. The van der Waals surface area contributed by atoms with E-state index in [0.717, 1.165) is 16.0 Å². The van der Waals surface area contributed by atoms with E-state index in [4.69, 9.17) is 0 Å². The summed E-state index contributed by atoms with van der Waals surface area (Å²) >= 11 is 5.14. The van der Waals surface area contributed by atoms with Crippen molar-refractivity contribution in [3.05, 3.63) is 34.9 Å². The number of benzene rings is 1. The van der Waals surface area contributed by atoms with Crippen LogP contribution in [0.4, 0.5) is 17.5 Å². The molecule has 0 aliphatic heterocycles. The zero-order valence-corrected chi connectivity index (χ0v) is 12.5. The third-order valence-electron chi connectivity index (χ3n) is 2.30. The minimum Gasteiger partial charge on any atom is -0.357 e.